The van der Waals surface area contributed by atoms with Crippen molar-refractivity contribution in [3.05, 3.63) is 0 Å². The average Bonchev–Trinajstić information content (AvgIpc) is 2.80. The quantitative estimate of drug-likeness (QED) is 0.220. The van der Waals surface area contributed by atoms with Crippen molar-refractivity contribution in [1.82, 2.24) is 0 Å². The van der Waals surface area contributed by atoms with Gasteiger partial charge in [0.05, 0.1) is 13.2 Å². The molecule has 2 saturated heterocycles. The zero-order chi connectivity index (χ0) is 17.4. The lowest BCUT2D eigenvalue weighted by Crippen LogP contribution is -2.62. The first-order valence-electron chi connectivity index (χ1n) is 7.05. The van der Waals surface area contributed by atoms with Crippen molar-refractivity contribution in [1.29, 1.82) is 0 Å². The van der Waals surface area contributed by atoms with E-state index < -0.39 is 74.6 Å². The fraction of sp³-hybridized carbons (Fsp3) is 1.00. The first-order valence-corrected chi connectivity index (χ1v) is 7.05. The maximum atomic E-state index is 10.00. The summed E-state index contributed by atoms with van der Waals surface area (Å²) in [6, 6.07) is 0. The predicted octanol–water partition coefficient (Wildman–Crippen LogP) is -5.40. The van der Waals surface area contributed by atoms with Gasteiger partial charge >= 0.3 is 0 Å². The Morgan fingerprint density at radius 3 is 1.87 bits per heavy atom. The van der Waals surface area contributed by atoms with E-state index in [0.717, 1.165) is 0 Å². The Morgan fingerprint density at radius 1 is 0.783 bits per heavy atom. The number of hydrogen-bond donors (Lipinski definition) is 8. The van der Waals surface area contributed by atoms with Crippen LogP contribution < -0.4 is 0 Å². The van der Waals surface area contributed by atoms with Crippen LogP contribution in [0.25, 0.3) is 0 Å². The fourth-order valence-corrected chi connectivity index (χ4v) is 2.63. The van der Waals surface area contributed by atoms with Gasteiger partial charge in [-0.05, 0) is 0 Å². The second-order valence-electron chi connectivity index (χ2n) is 5.56. The Morgan fingerprint density at radius 2 is 1.39 bits per heavy atom. The highest BCUT2D eigenvalue weighted by Crippen LogP contribution is 2.35. The van der Waals surface area contributed by atoms with Crippen LogP contribution in [0.15, 0.2) is 0 Å². The molecule has 9 atom stereocenters. The highest BCUT2D eigenvalue weighted by atomic mass is 17.0. The zero-order valence-corrected chi connectivity index (χ0v) is 12.0. The van der Waals surface area contributed by atoms with E-state index in [1.165, 1.54) is 0 Å². The van der Waals surface area contributed by atoms with Gasteiger partial charge in [-0.3, -0.25) is 0 Å². The summed E-state index contributed by atoms with van der Waals surface area (Å²) in [5.74, 6) is -2.22. The van der Waals surface area contributed by atoms with Crippen LogP contribution in [0.1, 0.15) is 0 Å². The maximum Gasteiger partial charge on any atom is 0.224 e. The summed E-state index contributed by atoms with van der Waals surface area (Å²) in [6.45, 7) is -2.32. The van der Waals surface area contributed by atoms with E-state index in [9.17, 15) is 30.6 Å². The number of aliphatic hydroxyl groups is 8. The van der Waals surface area contributed by atoms with Gasteiger partial charge in [-0.25, -0.2) is 0 Å². The number of ether oxygens (including phenoxy) is 3. The minimum absolute atomic E-state index is 0.669. The van der Waals surface area contributed by atoms with Gasteiger partial charge in [0.1, 0.15) is 49.3 Å². The average molecular weight is 354 g/mol. The summed E-state index contributed by atoms with van der Waals surface area (Å²) in [4.78, 5) is 0. The molecule has 0 bridgehead atoms. The predicted molar refractivity (Wildman–Crippen MR) is 68.6 cm³/mol. The van der Waals surface area contributed by atoms with Crippen LogP contribution in [-0.4, -0.2) is 115 Å². The van der Waals surface area contributed by atoms with Gasteiger partial charge < -0.3 is 55.1 Å². The minimum atomic E-state index is -2.22. The summed E-state index contributed by atoms with van der Waals surface area (Å²) < 4.78 is 15.4. The minimum Gasteiger partial charge on any atom is -0.394 e. The molecule has 1 unspecified atom stereocenters. The van der Waals surface area contributed by atoms with Crippen molar-refractivity contribution in [3.8, 4) is 0 Å². The Bertz CT molecular complexity index is 393. The first kappa shape index (κ1) is 18.9. The largest absolute Gasteiger partial charge is 0.394 e. The third-order valence-electron chi connectivity index (χ3n) is 4.07. The Hall–Kier alpha value is -0.440. The van der Waals surface area contributed by atoms with Crippen molar-refractivity contribution < 1.29 is 55.1 Å². The van der Waals surface area contributed by atoms with E-state index in [1.54, 1.807) is 0 Å². The van der Waals surface area contributed by atoms with E-state index in [1.807, 2.05) is 0 Å². The molecule has 0 radical (unpaired) electrons. The smallest absolute Gasteiger partial charge is 0.224 e. The van der Waals surface area contributed by atoms with E-state index in [4.69, 9.17) is 24.4 Å². The van der Waals surface area contributed by atoms with E-state index in [-0.39, 0.29) is 0 Å². The van der Waals surface area contributed by atoms with Gasteiger partial charge in [0, 0.05) is 0 Å². The molecule has 0 aromatic rings. The molecule has 2 aliphatic rings. The molecule has 2 aliphatic heterocycles. The van der Waals surface area contributed by atoms with Crippen LogP contribution in [0.5, 0.6) is 0 Å². The van der Waals surface area contributed by atoms with Crippen molar-refractivity contribution >= 4 is 0 Å². The third-order valence-corrected chi connectivity index (χ3v) is 4.07. The van der Waals surface area contributed by atoms with Crippen molar-refractivity contribution in [2.24, 2.45) is 0 Å². The molecule has 2 rings (SSSR count). The topological polar surface area (TPSA) is 190 Å². The molecule has 8 N–H and O–H groups in total. The first-order chi connectivity index (χ1) is 10.8. The fourth-order valence-electron chi connectivity index (χ4n) is 2.63. The third kappa shape index (κ3) is 3.23. The molecule has 11 nitrogen and oxygen atoms in total. The second kappa shape index (κ2) is 7.21. The van der Waals surface area contributed by atoms with Gasteiger partial charge in [-0.2, -0.15) is 0 Å². The Balaban J connectivity index is 2.18. The molecule has 0 aliphatic carbocycles. The molecule has 11 heteroatoms. The van der Waals surface area contributed by atoms with Crippen LogP contribution in [0.2, 0.25) is 0 Å². The molecule has 0 aromatic heterocycles. The molecule has 136 valence electrons. The highest BCUT2D eigenvalue weighted by molar-refractivity contribution is 4.98. The molecule has 2 fully saturated rings. The lowest BCUT2D eigenvalue weighted by Gasteiger charge is -2.43. The Kier molecular flexibility index (Phi) is 5.92. The second-order valence-corrected chi connectivity index (χ2v) is 5.56. The van der Waals surface area contributed by atoms with Gasteiger partial charge in [0.2, 0.25) is 5.79 Å². The van der Waals surface area contributed by atoms with E-state index in [2.05, 4.69) is 0 Å². The lowest BCUT2D eigenvalue weighted by molar-refractivity contribution is -0.383. The molecule has 23 heavy (non-hydrogen) atoms. The molecular weight excluding hydrogens is 332 g/mol. The zero-order valence-electron chi connectivity index (χ0n) is 12.0. The van der Waals surface area contributed by atoms with Gasteiger partial charge in [0.25, 0.3) is 0 Å². The van der Waals surface area contributed by atoms with Crippen molar-refractivity contribution in [3.63, 3.8) is 0 Å². The van der Waals surface area contributed by atoms with Crippen LogP contribution in [0.3, 0.4) is 0 Å². The summed E-state index contributed by atoms with van der Waals surface area (Å²) >= 11 is 0. The Labute approximate surface area is 130 Å². The van der Waals surface area contributed by atoms with Crippen molar-refractivity contribution in [2.45, 2.75) is 54.8 Å². The molecule has 2 heterocycles. The van der Waals surface area contributed by atoms with Crippen molar-refractivity contribution in [2.75, 3.05) is 19.8 Å². The van der Waals surface area contributed by atoms with Crippen LogP contribution >= 0.6 is 0 Å². The van der Waals surface area contributed by atoms with E-state index >= 15 is 0 Å². The summed E-state index contributed by atoms with van der Waals surface area (Å²) in [6.07, 6.45) is -12.7. The molecule has 0 amide bonds. The monoisotopic (exact) mass is 354 g/mol. The highest BCUT2D eigenvalue weighted by Gasteiger charge is 2.58. The van der Waals surface area contributed by atoms with Crippen LogP contribution in [-0.2, 0) is 14.2 Å². The summed E-state index contributed by atoms with van der Waals surface area (Å²) in [5, 5.41) is 76.7. The number of hydrogen-bond acceptors (Lipinski definition) is 11. The van der Waals surface area contributed by atoms with Gasteiger partial charge in [-0.1, -0.05) is 0 Å². The standard InChI is InChI=1S/C12H22O11/c13-1-4-6(16)8(18)9(19)11(21-4)23-12(3-15)10(20)7(17)5(2-14)22-12/h4-11,13-20H,1-3H2/t4-,5?,6-,7-,8+,9-,10+,11-,12+/m1/s1/i1+1,2+1,3+1,4+1,5+1,6+1,7+1,8+1,9+1,10+1,11+1,12+1. The van der Waals surface area contributed by atoms with E-state index in [0.29, 0.717) is 0 Å². The molecule has 0 aromatic carbocycles. The SMILES string of the molecule is O[13CH2][13CH]1O[13C@@]([13CH2]O)(O[13C@H]2O[13C@H]([13CH2]O)[13C@@H](O)[13C@H](O)[13C@H]2O)[13C@@H](O)[13C@@H]1O. The lowest BCUT2D eigenvalue weighted by atomic mass is 10.9. The number of rotatable bonds is 5. The maximum absolute atomic E-state index is 10.00. The van der Waals surface area contributed by atoms with Crippen LogP contribution in [0.4, 0.5) is 0 Å². The van der Waals surface area contributed by atoms with Crippen LogP contribution in [0, 0.1) is 0 Å². The summed E-state index contributed by atoms with van der Waals surface area (Å²) in [5.41, 5.74) is 0. The van der Waals surface area contributed by atoms with Gasteiger partial charge in [0.15, 0.2) is 6.29 Å². The molecule has 0 saturated carbocycles. The number of aliphatic hydroxyl groups excluding tert-OH is 8. The summed E-state index contributed by atoms with van der Waals surface area (Å²) in [7, 11) is 0. The normalized spacial score (nSPS) is 51.1. The van der Waals surface area contributed by atoms with Gasteiger partial charge in [-0.15, -0.1) is 0 Å². The molecular formula is C12H22O11. The molecule has 0 spiro atoms.